The van der Waals surface area contributed by atoms with Gasteiger partial charge in [-0.3, -0.25) is 4.79 Å². The Morgan fingerprint density at radius 3 is 2.38 bits per heavy atom. The molecular weight excluding hydrogens is 497 g/mol. The van der Waals surface area contributed by atoms with E-state index in [1.165, 1.54) is 37.8 Å². The van der Waals surface area contributed by atoms with E-state index >= 15 is 0 Å². The minimum absolute atomic E-state index is 0.0279. The molecule has 0 unspecified atom stereocenters. The van der Waals surface area contributed by atoms with Crippen LogP contribution < -0.4 is 4.74 Å². The van der Waals surface area contributed by atoms with Gasteiger partial charge in [-0.25, -0.2) is 4.39 Å². The van der Waals surface area contributed by atoms with Crippen molar-refractivity contribution < 1.29 is 18.7 Å². The van der Waals surface area contributed by atoms with Gasteiger partial charge in [-0.05, 0) is 62.7 Å². The topological polar surface area (TPSA) is 40.5 Å². The first-order valence-corrected chi connectivity index (χ1v) is 13.0. The van der Waals surface area contributed by atoms with Crippen LogP contribution in [0, 0.1) is 5.82 Å². The second kappa shape index (κ2) is 14.1. The first-order chi connectivity index (χ1) is 16.3. The number of carbonyl (C=O) groups excluding carboxylic acids is 1. The van der Waals surface area contributed by atoms with Gasteiger partial charge in [-0.1, -0.05) is 55.5 Å². The van der Waals surface area contributed by atoms with Crippen LogP contribution in [0.1, 0.15) is 77.5 Å². The van der Waals surface area contributed by atoms with E-state index < -0.39 is 11.8 Å². The van der Waals surface area contributed by atoms with Gasteiger partial charge in [0.25, 0.3) is 0 Å². The van der Waals surface area contributed by atoms with Crippen molar-refractivity contribution in [1.29, 1.82) is 0 Å². The van der Waals surface area contributed by atoms with Crippen LogP contribution in [0.2, 0.25) is 0 Å². The number of aromatic nitrogens is 1. The molecule has 0 aliphatic carbocycles. The standard InChI is InChI=1S/C22H23BrFNO3.C6H14/c1-4-27-22(26)12-16-11-17(24)5-6-21(16)28-13-15-9-19(23)18-7-8-25(14(2)3)20(18)10-15;1-3-5-6-4-2/h5-11,14H,4,12-13H2,1-3H3;3-6H2,1-2H3. The summed E-state index contributed by atoms with van der Waals surface area (Å²) in [4.78, 5) is 11.8. The molecule has 186 valence electrons. The van der Waals surface area contributed by atoms with Crippen LogP contribution in [0.15, 0.2) is 47.1 Å². The Balaban J connectivity index is 0.000000604. The Morgan fingerprint density at radius 2 is 1.76 bits per heavy atom. The fourth-order valence-electron chi connectivity index (χ4n) is 3.66. The van der Waals surface area contributed by atoms with Crippen LogP contribution in [0.3, 0.4) is 0 Å². The molecule has 0 saturated carbocycles. The smallest absolute Gasteiger partial charge is 0.310 e. The monoisotopic (exact) mass is 533 g/mol. The highest BCUT2D eigenvalue weighted by Crippen LogP contribution is 2.30. The molecule has 0 N–H and O–H groups in total. The Hall–Kier alpha value is -2.34. The van der Waals surface area contributed by atoms with Gasteiger partial charge in [0.15, 0.2) is 0 Å². The largest absolute Gasteiger partial charge is 0.489 e. The first kappa shape index (κ1) is 27.9. The summed E-state index contributed by atoms with van der Waals surface area (Å²) < 4.78 is 27.7. The van der Waals surface area contributed by atoms with Crippen LogP contribution in [0.25, 0.3) is 10.9 Å². The highest BCUT2D eigenvalue weighted by molar-refractivity contribution is 9.10. The van der Waals surface area contributed by atoms with Crippen molar-refractivity contribution >= 4 is 32.8 Å². The fourth-order valence-corrected chi connectivity index (χ4v) is 4.29. The van der Waals surface area contributed by atoms with Crippen LogP contribution in [0.4, 0.5) is 4.39 Å². The lowest BCUT2D eigenvalue weighted by molar-refractivity contribution is -0.142. The minimum Gasteiger partial charge on any atom is -0.489 e. The normalized spacial score (nSPS) is 10.8. The highest BCUT2D eigenvalue weighted by Gasteiger charge is 2.13. The van der Waals surface area contributed by atoms with Crippen molar-refractivity contribution in [3.05, 3.63) is 64.0 Å². The van der Waals surface area contributed by atoms with E-state index in [0.29, 0.717) is 24.0 Å². The van der Waals surface area contributed by atoms with Gasteiger partial charge >= 0.3 is 5.97 Å². The molecule has 0 bridgehead atoms. The number of unbranched alkanes of at least 4 members (excludes halogenated alkanes) is 3. The number of fused-ring (bicyclic) bond motifs is 1. The zero-order chi connectivity index (χ0) is 25.1. The van der Waals surface area contributed by atoms with Gasteiger partial charge in [0, 0.05) is 33.2 Å². The molecule has 0 aliphatic heterocycles. The molecule has 0 atom stereocenters. The number of nitrogens with zero attached hydrogens (tertiary/aromatic N) is 1. The van der Waals surface area contributed by atoms with Gasteiger partial charge in [-0.15, -0.1) is 0 Å². The molecule has 4 nitrogen and oxygen atoms in total. The van der Waals surface area contributed by atoms with E-state index in [1.807, 2.05) is 6.07 Å². The molecule has 1 aromatic heterocycles. The summed E-state index contributed by atoms with van der Waals surface area (Å²) in [6.45, 7) is 11.1. The Morgan fingerprint density at radius 1 is 1.06 bits per heavy atom. The van der Waals surface area contributed by atoms with E-state index in [-0.39, 0.29) is 13.0 Å². The molecule has 0 radical (unpaired) electrons. The van der Waals surface area contributed by atoms with Crippen LogP contribution >= 0.6 is 15.9 Å². The summed E-state index contributed by atoms with van der Waals surface area (Å²) in [6.07, 6.45) is 7.58. The number of ether oxygens (including phenoxy) is 2. The molecule has 2 aromatic carbocycles. The Kier molecular flexibility index (Phi) is 11.6. The van der Waals surface area contributed by atoms with E-state index in [2.05, 4.69) is 66.5 Å². The molecule has 3 aromatic rings. The van der Waals surface area contributed by atoms with E-state index in [9.17, 15) is 9.18 Å². The SMILES string of the molecule is CCCCCC.CCOC(=O)Cc1cc(F)ccc1OCc1cc(Br)c2ccn(C(C)C)c2c1. The number of hydrogen-bond donors (Lipinski definition) is 0. The second-order valence-electron chi connectivity index (χ2n) is 8.56. The molecule has 0 spiro atoms. The number of carbonyl (C=O) groups is 1. The lowest BCUT2D eigenvalue weighted by Crippen LogP contribution is -2.09. The third-order valence-electron chi connectivity index (χ3n) is 5.42. The van der Waals surface area contributed by atoms with Crippen LogP contribution in [-0.2, 0) is 22.6 Å². The summed E-state index contributed by atoms with van der Waals surface area (Å²) in [5, 5.41) is 1.14. The second-order valence-corrected chi connectivity index (χ2v) is 9.41. The lowest BCUT2D eigenvalue weighted by Gasteiger charge is -2.14. The maximum atomic E-state index is 13.6. The number of esters is 1. The average Bonchev–Trinajstić information content (AvgIpc) is 3.23. The molecule has 0 fully saturated rings. The average molecular weight is 535 g/mol. The fraction of sp³-hybridized carbons (Fsp3) is 0.464. The summed E-state index contributed by atoms with van der Waals surface area (Å²) >= 11 is 3.63. The van der Waals surface area contributed by atoms with Crippen molar-refractivity contribution in [2.45, 2.75) is 79.4 Å². The van der Waals surface area contributed by atoms with E-state index in [4.69, 9.17) is 9.47 Å². The zero-order valence-corrected chi connectivity index (χ0v) is 22.6. The number of halogens is 2. The first-order valence-electron chi connectivity index (χ1n) is 12.2. The number of benzene rings is 2. The number of rotatable bonds is 10. The molecule has 1 heterocycles. The van der Waals surface area contributed by atoms with Crippen molar-refractivity contribution in [2.75, 3.05) is 6.61 Å². The quantitative estimate of drug-likeness (QED) is 0.194. The van der Waals surface area contributed by atoms with Gasteiger partial charge in [0.1, 0.15) is 18.2 Å². The molecule has 0 aliphatic rings. The molecule has 0 saturated heterocycles. The van der Waals surface area contributed by atoms with E-state index in [0.717, 1.165) is 20.9 Å². The Bertz CT molecular complexity index is 1060. The van der Waals surface area contributed by atoms with Crippen molar-refractivity contribution in [1.82, 2.24) is 4.57 Å². The third kappa shape index (κ3) is 8.15. The van der Waals surface area contributed by atoms with Crippen molar-refractivity contribution in [3.8, 4) is 5.75 Å². The third-order valence-corrected chi connectivity index (χ3v) is 6.07. The van der Waals surface area contributed by atoms with Gasteiger partial charge < -0.3 is 14.0 Å². The zero-order valence-electron chi connectivity index (χ0n) is 21.0. The molecule has 3 rings (SSSR count). The summed E-state index contributed by atoms with van der Waals surface area (Å²) in [7, 11) is 0. The summed E-state index contributed by atoms with van der Waals surface area (Å²) in [6, 6.07) is 10.7. The van der Waals surface area contributed by atoms with Gasteiger partial charge in [0.2, 0.25) is 0 Å². The molecular formula is C28H37BrFNO3. The highest BCUT2D eigenvalue weighted by atomic mass is 79.9. The van der Waals surface area contributed by atoms with E-state index in [1.54, 1.807) is 13.0 Å². The summed E-state index contributed by atoms with van der Waals surface area (Å²) in [5.74, 6) is -0.340. The molecule has 34 heavy (non-hydrogen) atoms. The summed E-state index contributed by atoms with van der Waals surface area (Å²) in [5.41, 5.74) is 2.57. The minimum atomic E-state index is -0.412. The predicted molar refractivity (Wildman–Crippen MR) is 141 cm³/mol. The lowest BCUT2D eigenvalue weighted by atomic mass is 10.1. The van der Waals surface area contributed by atoms with Crippen LogP contribution in [0.5, 0.6) is 5.75 Å². The van der Waals surface area contributed by atoms with Crippen molar-refractivity contribution in [3.63, 3.8) is 0 Å². The maximum absolute atomic E-state index is 13.6. The Labute approximate surface area is 211 Å². The molecule has 6 heteroatoms. The van der Waals surface area contributed by atoms with Crippen LogP contribution in [-0.4, -0.2) is 17.1 Å². The number of hydrogen-bond acceptors (Lipinski definition) is 3. The van der Waals surface area contributed by atoms with Gasteiger partial charge in [-0.2, -0.15) is 0 Å². The van der Waals surface area contributed by atoms with Gasteiger partial charge in [0.05, 0.1) is 13.0 Å². The predicted octanol–water partition coefficient (Wildman–Crippen LogP) is 8.40. The maximum Gasteiger partial charge on any atom is 0.310 e. The molecule has 0 amide bonds. The van der Waals surface area contributed by atoms with Crippen molar-refractivity contribution in [2.24, 2.45) is 0 Å².